The summed E-state index contributed by atoms with van der Waals surface area (Å²) < 4.78 is 0. The van der Waals surface area contributed by atoms with Crippen LogP contribution in [0.2, 0.25) is 0 Å². The topological polar surface area (TPSA) is 103 Å². The summed E-state index contributed by atoms with van der Waals surface area (Å²) in [6, 6.07) is 0.523. The number of aromatic amines is 2. The fourth-order valence-electron chi connectivity index (χ4n) is 1.84. The SMILES string of the molecule is O=c1[nH]nc(NCCC2CCCN2)c(=O)[nH]1. The van der Waals surface area contributed by atoms with E-state index >= 15 is 0 Å². The predicted molar refractivity (Wildman–Crippen MR) is 59.6 cm³/mol. The maximum atomic E-state index is 11.3. The second-order valence-corrected chi connectivity index (χ2v) is 3.86. The lowest BCUT2D eigenvalue weighted by Gasteiger charge is -2.09. The predicted octanol–water partition coefficient (Wildman–Crippen LogP) is -0.988. The standard InChI is InChI=1S/C9H15N5O2/c15-8-7(13-14-9(16)12-8)11-5-3-6-2-1-4-10-6/h6,10H,1-5H2,(H,11,13)(H2,12,14,15,16). The maximum absolute atomic E-state index is 11.3. The van der Waals surface area contributed by atoms with Crippen molar-refractivity contribution in [1.82, 2.24) is 20.5 Å². The molecule has 1 aliphatic heterocycles. The number of aromatic nitrogens is 3. The molecule has 0 bridgehead atoms. The lowest BCUT2D eigenvalue weighted by atomic mass is 10.1. The molecule has 16 heavy (non-hydrogen) atoms. The van der Waals surface area contributed by atoms with E-state index in [1.54, 1.807) is 0 Å². The first-order chi connectivity index (χ1) is 7.75. The molecule has 0 aromatic carbocycles. The molecule has 7 nitrogen and oxygen atoms in total. The van der Waals surface area contributed by atoms with Gasteiger partial charge in [-0.3, -0.25) is 9.78 Å². The Hall–Kier alpha value is -1.63. The van der Waals surface area contributed by atoms with Crippen LogP contribution in [0, 0.1) is 0 Å². The van der Waals surface area contributed by atoms with Crippen molar-refractivity contribution >= 4 is 5.82 Å². The van der Waals surface area contributed by atoms with E-state index in [-0.39, 0.29) is 5.82 Å². The minimum absolute atomic E-state index is 0.164. The van der Waals surface area contributed by atoms with E-state index in [4.69, 9.17) is 0 Å². The zero-order chi connectivity index (χ0) is 11.4. The molecule has 4 N–H and O–H groups in total. The summed E-state index contributed by atoms with van der Waals surface area (Å²) in [6.45, 7) is 1.74. The Kier molecular flexibility index (Phi) is 3.35. The minimum atomic E-state index is -0.590. The highest BCUT2D eigenvalue weighted by molar-refractivity contribution is 5.28. The van der Waals surface area contributed by atoms with Crippen molar-refractivity contribution in [2.75, 3.05) is 18.4 Å². The Morgan fingerprint density at radius 2 is 2.31 bits per heavy atom. The molecule has 88 valence electrons. The molecule has 1 fully saturated rings. The smallest absolute Gasteiger partial charge is 0.342 e. The summed E-state index contributed by atoms with van der Waals surface area (Å²) in [4.78, 5) is 24.1. The third kappa shape index (κ3) is 2.69. The van der Waals surface area contributed by atoms with Crippen LogP contribution < -0.4 is 21.9 Å². The molecule has 0 spiro atoms. The molecule has 1 aromatic heterocycles. The molecule has 1 unspecified atom stereocenters. The molecule has 2 rings (SSSR count). The highest BCUT2D eigenvalue weighted by Crippen LogP contribution is 2.08. The van der Waals surface area contributed by atoms with Gasteiger partial charge < -0.3 is 10.6 Å². The first-order valence-corrected chi connectivity index (χ1v) is 5.42. The molecule has 0 amide bonds. The van der Waals surface area contributed by atoms with Gasteiger partial charge in [0.1, 0.15) is 0 Å². The normalized spacial score (nSPS) is 19.9. The van der Waals surface area contributed by atoms with Gasteiger partial charge in [-0.2, -0.15) is 0 Å². The van der Waals surface area contributed by atoms with Crippen LogP contribution in [0.4, 0.5) is 5.82 Å². The first-order valence-electron chi connectivity index (χ1n) is 5.42. The molecule has 2 heterocycles. The van der Waals surface area contributed by atoms with Crippen molar-refractivity contribution in [2.45, 2.75) is 25.3 Å². The summed E-state index contributed by atoms with van der Waals surface area (Å²) in [7, 11) is 0. The van der Waals surface area contributed by atoms with Crippen LogP contribution >= 0.6 is 0 Å². The molecule has 1 aromatic rings. The van der Waals surface area contributed by atoms with E-state index in [9.17, 15) is 9.59 Å². The number of anilines is 1. The molecule has 0 radical (unpaired) electrons. The Morgan fingerprint density at radius 1 is 1.44 bits per heavy atom. The number of rotatable bonds is 4. The fraction of sp³-hybridized carbons (Fsp3) is 0.667. The van der Waals surface area contributed by atoms with E-state index in [1.165, 1.54) is 12.8 Å². The summed E-state index contributed by atoms with van der Waals surface area (Å²) >= 11 is 0. The lowest BCUT2D eigenvalue weighted by molar-refractivity contribution is 0.573. The second-order valence-electron chi connectivity index (χ2n) is 3.86. The largest absolute Gasteiger partial charge is 0.364 e. The highest BCUT2D eigenvalue weighted by Gasteiger charge is 2.13. The van der Waals surface area contributed by atoms with Gasteiger partial charge in [-0.1, -0.05) is 0 Å². The Balaban J connectivity index is 1.84. The van der Waals surface area contributed by atoms with Gasteiger partial charge in [-0.15, -0.1) is 5.10 Å². The Bertz CT molecular complexity index is 446. The molecule has 0 aliphatic carbocycles. The van der Waals surface area contributed by atoms with Gasteiger partial charge in [0.05, 0.1) is 0 Å². The first kappa shape index (κ1) is 10.9. The minimum Gasteiger partial charge on any atom is -0.364 e. The summed E-state index contributed by atoms with van der Waals surface area (Å²) in [6.07, 6.45) is 3.33. The quantitative estimate of drug-likeness (QED) is 0.527. The molecule has 7 heteroatoms. The third-order valence-electron chi connectivity index (χ3n) is 2.66. The van der Waals surface area contributed by atoms with Crippen molar-refractivity contribution in [2.24, 2.45) is 0 Å². The van der Waals surface area contributed by atoms with E-state index in [1.807, 2.05) is 0 Å². The van der Waals surface area contributed by atoms with Crippen LogP contribution in [0.25, 0.3) is 0 Å². The van der Waals surface area contributed by atoms with Crippen LogP contribution in [0.5, 0.6) is 0 Å². The number of hydrogen-bond donors (Lipinski definition) is 4. The Morgan fingerprint density at radius 3 is 3.00 bits per heavy atom. The molecule has 1 atom stereocenters. The van der Waals surface area contributed by atoms with Gasteiger partial charge in [0, 0.05) is 12.6 Å². The van der Waals surface area contributed by atoms with Crippen molar-refractivity contribution in [3.05, 3.63) is 20.8 Å². The molecule has 0 saturated carbocycles. The third-order valence-corrected chi connectivity index (χ3v) is 2.66. The average Bonchev–Trinajstić information content (AvgIpc) is 2.74. The van der Waals surface area contributed by atoms with E-state index in [2.05, 4.69) is 25.8 Å². The van der Waals surface area contributed by atoms with Crippen molar-refractivity contribution in [1.29, 1.82) is 0 Å². The van der Waals surface area contributed by atoms with Gasteiger partial charge in [-0.25, -0.2) is 9.89 Å². The van der Waals surface area contributed by atoms with Gasteiger partial charge in [-0.05, 0) is 25.8 Å². The number of nitrogens with one attached hydrogen (secondary N) is 4. The van der Waals surface area contributed by atoms with Crippen LogP contribution in [0.1, 0.15) is 19.3 Å². The summed E-state index contributed by atoms with van der Waals surface area (Å²) in [5.74, 6) is 0.164. The molecular weight excluding hydrogens is 210 g/mol. The van der Waals surface area contributed by atoms with Gasteiger partial charge in [0.25, 0.3) is 5.56 Å². The van der Waals surface area contributed by atoms with Gasteiger partial charge in [0.2, 0.25) is 5.82 Å². The van der Waals surface area contributed by atoms with Crippen molar-refractivity contribution in [3.63, 3.8) is 0 Å². The van der Waals surface area contributed by atoms with Crippen molar-refractivity contribution in [3.8, 4) is 0 Å². The maximum Gasteiger partial charge on any atom is 0.342 e. The molecular formula is C9H15N5O2. The van der Waals surface area contributed by atoms with E-state index in [0.717, 1.165) is 13.0 Å². The zero-order valence-corrected chi connectivity index (χ0v) is 8.88. The molecule has 1 saturated heterocycles. The van der Waals surface area contributed by atoms with E-state index in [0.29, 0.717) is 12.6 Å². The lowest BCUT2D eigenvalue weighted by Crippen LogP contribution is -2.29. The number of hydrogen-bond acceptors (Lipinski definition) is 5. The Labute approximate surface area is 91.7 Å². The van der Waals surface area contributed by atoms with Crippen LogP contribution in [-0.4, -0.2) is 34.3 Å². The van der Waals surface area contributed by atoms with Crippen LogP contribution in [0.3, 0.4) is 0 Å². The zero-order valence-electron chi connectivity index (χ0n) is 8.88. The van der Waals surface area contributed by atoms with E-state index < -0.39 is 11.2 Å². The highest BCUT2D eigenvalue weighted by atomic mass is 16.2. The summed E-state index contributed by atoms with van der Waals surface area (Å²) in [5.41, 5.74) is -1.07. The molecule has 1 aliphatic rings. The van der Waals surface area contributed by atoms with Crippen molar-refractivity contribution < 1.29 is 0 Å². The fourth-order valence-corrected chi connectivity index (χ4v) is 1.84. The van der Waals surface area contributed by atoms with Crippen LogP contribution in [-0.2, 0) is 0 Å². The number of H-pyrrole nitrogens is 2. The second kappa shape index (κ2) is 4.93. The monoisotopic (exact) mass is 225 g/mol. The summed E-state index contributed by atoms with van der Waals surface area (Å²) in [5, 5.41) is 12.1. The van der Waals surface area contributed by atoms with Gasteiger partial charge in [0.15, 0.2) is 0 Å². The number of nitrogens with zero attached hydrogens (tertiary/aromatic N) is 1. The average molecular weight is 225 g/mol. The van der Waals surface area contributed by atoms with Crippen LogP contribution in [0.15, 0.2) is 9.59 Å². The van der Waals surface area contributed by atoms with Gasteiger partial charge >= 0.3 is 5.69 Å².